The van der Waals surface area contributed by atoms with Crippen LogP contribution in [-0.4, -0.2) is 10.00 Å². The number of aromatic hydroxyl groups is 1. The van der Waals surface area contributed by atoms with Gasteiger partial charge in [-0.3, -0.25) is 0 Å². The SMILES string of the molecule is Cc1ccc(C(C)C)cc1O.O=P([O-])([O-])O.[Na+].[Na+]. The van der Waals surface area contributed by atoms with E-state index in [1.165, 1.54) is 5.56 Å². The van der Waals surface area contributed by atoms with Crippen LogP contribution < -0.4 is 68.9 Å². The molecule has 0 unspecified atom stereocenters. The Balaban J connectivity index is -0.000000282. The van der Waals surface area contributed by atoms with Gasteiger partial charge in [0.1, 0.15) is 5.75 Å². The van der Waals surface area contributed by atoms with Crippen molar-refractivity contribution >= 4 is 7.82 Å². The normalized spacial score (nSPS) is 9.72. The first-order chi connectivity index (χ1) is 7.11. The van der Waals surface area contributed by atoms with Crippen LogP contribution in [0, 0.1) is 6.92 Å². The first kappa shape index (κ1) is 24.2. The maximum atomic E-state index is 9.35. The van der Waals surface area contributed by atoms with E-state index in [2.05, 4.69) is 19.9 Å². The number of benzene rings is 1. The summed E-state index contributed by atoms with van der Waals surface area (Å²) in [6, 6.07) is 5.84. The van der Waals surface area contributed by atoms with E-state index in [1.807, 2.05) is 19.1 Å². The molecule has 0 bridgehead atoms. The fourth-order valence-corrected chi connectivity index (χ4v) is 0.986. The van der Waals surface area contributed by atoms with Gasteiger partial charge in [-0.15, -0.1) is 0 Å². The van der Waals surface area contributed by atoms with E-state index >= 15 is 0 Å². The van der Waals surface area contributed by atoms with Crippen molar-refractivity contribution in [3.8, 4) is 5.75 Å². The minimum atomic E-state index is -5.14. The predicted molar refractivity (Wildman–Crippen MR) is 56.8 cm³/mol. The first-order valence-electron chi connectivity index (χ1n) is 4.65. The molecular formula is C10H15Na2O5P. The van der Waals surface area contributed by atoms with Crippen molar-refractivity contribution in [2.45, 2.75) is 26.7 Å². The molecule has 0 saturated carbocycles. The third kappa shape index (κ3) is 13.6. The van der Waals surface area contributed by atoms with E-state index in [1.54, 1.807) is 0 Å². The zero-order valence-electron chi connectivity index (χ0n) is 11.4. The summed E-state index contributed by atoms with van der Waals surface area (Å²) in [5.74, 6) is 0.887. The van der Waals surface area contributed by atoms with Crippen molar-refractivity contribution in [3.63, 3.8) is 0 Å². The number of aryl methyl sites for hydroxylation is 1. The topological polar surface area (TPSA) is 104 Å². The third-order valence-electron chi connectivity index (χ3n) is 1.90. The van der Waals surface area contributed by atoms with Crippen LogP contribution in [0.15, 0.2) is 18.2 Å². The molecular weight excluding hydrogens is 277 g/mol. The average Bonchev–Trinajstić information content (AvgIpc) is 2.06. The van der Waals surface area contributed by atoms with Crippen molar-refractivity contribution in [2.24, 2.45) is 0 Å². The second-order valence-electron chi connectivity index (χ2n) is 3.67. The van der Waals surface area contributed by atoms with E-state index in [0.717, 1.165) is 5.56 Å². The van der Waals surface area contributed by atoms with Gasteiger partial charge in [0.25, 0.3) is 0 Å². The monoisotopic (exact) mass is 292 g/mol. The van der Waals surface area contributed by atoms with Gasteiger partial charge in [0.15, 0.2) is 0 Å². The first-order valence-corrected chi connectivity index (χ1v) is 6.15. The summed E-state index contributed by atoms with van der Waals surface area (Å²) in [4.78, 5) is 24.3. The summed E-state index contributed by atoms with van der Waals surface area (Å²) >= 11 is 0. The summed E-state index contributed by atoms with van der Waals surface area (Å²) in [6.45, 7) is 6.13. The Morgan fingerprint density at radius 3 is 1.89 bits per heavy atom. The maximum Gasteiger partial charge on any atom is 1.00 e. The van der Waals surface area contributed by atoms with Crippen LogP contribution in [0.3, 0.4) is 0 Å². The van der Waals surface area contributed by atoms with Crippen LogP contribution in [0.25, 0.3) is 0 Å². The van der Waals surface area contributed by atoms with Crippen LogP contribution >= 0.6 is 7.82 Å². The van der Waals surface area contributed by atoms with Gasteiger partial charge < -0.3 is 24.4 Å². The van der Waals surface area contributed by atoms with Gasteiger partial charge in [-0.05, 0) is 30.0 Å². The van der Waals surface area contributed by atoms with Crippen LogP contribution in [0.2, 0.25) is 0 Å². The van der Waals surface area contributed by atoms with Crippen molar-refractivity contribution in [1.82, 2.24) is 0 Å². The van der Waals surface area contributed by atoms with Crippen molar-refractivity contribution < 1.29 is 83.5 Å². The number of phenols is 1. The van der Waals surface area contributed by atoms with Crippen LogP contribution in [-0.2, 0) is 4.57 Å². The molecule has 8 heteroatoms. The van der Waals surface area contributed by atoms with E-state index in [-0.39, 0.29) is 59.1 Å². The van der Waals surface area contributed by atoms with Gasteiger partial charge in [0.2, 0.25) is 0 Å². The van der Waals surface area contributed by atoms with Gasteiger partial charge in [-0.2, -0.15) is 0 Å². The zero-order chi connectivity index (χ0) is 12.9. The summed E-state index contributed by atoms with van der Waals surface area (Å²) in [6.07, 6.45) is 0. The van der Waals surface area contributed by atoms with Gasteiger partial charge in [0.05, 0.1) is 7.82 Å². The zero-order valence-corrected chi connectivity index (χ0v) is 16.3. The Bertz CT molecular complexity index is 384. The number of hydrogen-bond donors (Lipinski definition) is 2. The van der Waals surface area contributed by atoms with Gasteiger partial charge >= 0.3 is 59.1 Å². The minimum absolute atomic E-state index is 0. The fraction of sp³-hybridized carbons (Fsp3) is 0.400. The molecule has 0 atom stereocenters. The fourth-order valence-electron chi connectivity index (χ4n) is 0.986. The molecule has 0 aliphatic rings. The quantitative estimate of drug-likeness (QED) is 0.397. The van der Waals surface area contributed by atoms with Gasteiger partial charge in [0, 0.05) is 0 Å². The maximum absolute atomic E-state index is 9.35. The molecule has 0 fully saturated rings. The molecule has 92 valence electrons. The molecule has 0 aliphatic carbocycles. The van der Waals surface area contributed by atoms with Gasteiger partial charge in [-0.25, -0.2) is 0 Å². The summed E-state index contributed by atoms with van der Waals surface area (Å²) in [5.41, 5.74) is 2.13. The molecule has 18 heavy (non-hydrogen) atoms. The Hall–Kier alpha value is 1.13. The van der Waals surface area contributed by atoms with Crippen LogP contribution in [0.1, 0.15) is 30.9 Å². The third-order valence-corrected chi connectivity index (χ3v) is 1.90. The molecule has 0 aromatic heterocycles. The molecule has 5 nitrogen and oxygen atoms in total. The molecule has 1 rings (SSSR count). The number of phosphoric acid groups is 1. The van der Waals surface area contributed by atoms with E-state index in [9.17, 15) is 5.11 Å². The van der Waals surface area contributed by atoms with Crippen molar-refractivity contribution in [2.75, 3.05) is 0 Å². The molecule has 0 amide bonds. The summed E-state index contributed by atoms with van der Waals surface area (Å²) in [7, 11) is -5.14. The smallest absolute Gasteiger partial charge is 0.790 e. The van der Waals surface area contributed by atoms with E-state index in [0.29, 0.717) is 11.7 Å². The van der Waals surface area contributed by atoms with Crippen LogP contribution in [0.5, 0.6) is 5.75 Å². The minimum Gasteiger partial charge on any atom is -0.790 e. The molecule has 0 saturated heterocycles. The number of phenolic OH excluding ortho intramolecular Hbond substituents is 1. The Kier molecular flexibility index (Phi) is 14.6. The molecule has 0 spiro atoms. The summed E-state index contributed by atoms with van der Waals surface area (Å²) < 4.78 is 8.66. The van der Waals surface area contributed by atoms with E-state index in [4.69, 9.17) is 19.2 Å². The molecule has 0 radical (unpaired) electrons. The van der Waals surface area contributed by atoms with E-state index < -0.39 is 7.82 Å². The standard InChI is InChI=1S/C10H14O.2Na.H3O4P/c1-7(2)9-5-4-8(3)10(11)6-9;;;1-5(2,3)4/h4-7,11H,1-3H3;;;(H3,1,2,3,4)/q;2*+1;/p-2. The van der Waals surface area contributed by atoms with Crippen molar-refractivity contribution in [3.05, 3.63) is 29.3 Å². The largest absolute Gasteiger partial charge is 1.00 e. The Labute approximate surface area is 151 Å². The second-order valence-corrected chi connectivity index (χ2v) is 4.61. The number of hydrogen-bond acceptors (Lipinski definition) is 4. The molecule has 0 aliphatic heterocycles. The predicted octanol–water partition coefficient (Wildman–Crippen LogP) is -5.36. The van der Waals surface area contributed by atoms with Gasteiger partial charge in [-0.1, -0.05) is 26.0 Å². The molecule has 1 aromatic rings. The molecule has 2 N–H and O–H groups in total. The number of rotatable bonds is 1. The average molecular weight is 292 g/mol. The second kappa shape index (κ2) is 10.9. The van der Waals surface area contributed by atoms with Crippen LogP contribution in [0.4, 0.5) is 0 Å². The Morgan fingerprint density at radius 1 is 1.22 bits per heavy atom. The molecule has 1 aromatic carbocycles. The van der Waals surface area contributed by atoms with Crippen molar-refractivity contribution in [1.29, 1.82) is 0 Å². The molecule has 0 heterocycles. The summed E-state index contributed by atoms with van der Waals surface area (Å²) in [5, 5.41) is 9.35. The Morgan fingerprint density at radius 2 is 1.61 bits per heavy atom.